The number of ether oxygens (including phenoxy) is 3. The van der Waals surface area contributed by atoms with E-state index < -0.39 is 23.8 Å². The summed E-state index contributed by atoms with van der Waals surface area (Å²) in [6.45, 7) is 5.16. The molecule has 5 heteroatoms. The number of Topliss-reactive ketones (excluding diaryl/α,β-unsaturated/α-hetero) is 1. The quantitative estimate of drug-likeness (QED) is 0.631. The Bertz CT molecular complexity index is 638. The van der Waals surface area contributed by atoms with Gasteiger partial charge in [0.2, 0.25) is 5.79 Å². The van der Waals surface area contributed by atoms with Crippen molar-refractivity contribution in [2.45, 2.75) is 38.8 Å². The Kier molecular flexibility index (Phi) is 3.98. The summed E-state index contributed by atoms with van der Waals surface area (Å²) in [6.07, 6.45) is 2.33. The zero-order chi connectivity index (χ0) is 16.6. The first kappa shape index (κ1) is 15.7. The first-order valence-corrected chi connectivity index (χ1v) is 7.78. The van der Waals surface area contributed by atoms with Crippen molar-refractivity contribution in [2.75, 3.05) is 0 Å². The van der Waals surface area contributed by atoms with E-state index in [1.807, 2.05) is 25.1 Å². The number of esters is 1. The van der Waals surface area contributed by atoms with E-state index in [1.165, 1.54) is 0 Å². The number of benzene rings is 1. The summed E-state index contributed by atoms with van der Waals surface area (Å²) in [5.74, 6) is -2.02. The second-order valence-corrected chi connectivity index (χ2v) is 6.07. The van der Waals surface area contributed by atoms with Crippen LogP contribution in [0.5, 0.6) is 5.75 Å². The molecule has 5 nitrogen and oxygen atoms in total. The lowest BCUT2D eigenvalue weighted by molar-refractivity contribution is -0.249. The van der Waals surface area contributed by atoms with Crippen molar-refractivity contribution in [1.29, 1.82) is 0 Å². The molecule has 0 aromatic heterocycles. The van der Waals surface area contributed by atoms with Gasteiger partial charge in [-0.05, 0) is 32.1 Å². The van der Waals surface area contributed by atoms with E-state index in [0.29, 0.717) is 5.75 Å². The van der Waals surface area contributed by atoms with Crippen LogP contribution in [-0.4, -0.2) is 29.7 Å². The Morgan fingerprint density at radius 2 is 1.96 bits per heavy atom. The van der Waals surface area contributed by atoms with E-state index in [9.17, 15) is 9.59 Å². The molecule has 0 saturated carbocycles. The predicted octanol–water partition coefficient (Wildman–Crippen LogP) is 2.50. The van der Waals surface area contributed by atoms with Gasteiger partial charge >= 0.3 is 5.97 Å². The molecule has 2 heterocycles. The largest absolute Gasteiger partial charge is 0.479 e. The van der Waals surface area contributed by atoms with Gasteiger partial charge in [-0.2, -0.15) is 0 Å². The average molecular weight is 316 g/mol. The van der Waals surface area contributed by atoms with Crippen LogP contribution >= 0.6 is 0 Å². The van der Waals surface area contributed by atoms with Crippen molar-refractivity contribution in [3.63, 3.8) is 0 Å². The molecule has 0 spiro atoms. The Morgan fingerprint density at radius 3 is 2.65 bits per heavy atom. The number of fused-ring (bicyclic) bond motifs is 2. The third kappa shape index (κ3) is 2.77. The summed E-state index contributed by atoms with van der Waals surface area (Å²) in [5, 5.41) is 0. The summed E-state index contributed by atoms with van der Waals surface area (Å²) < 4.78 is 16.9. The van der Waals surface area contributed by atoms with Gasteiger partial charge in [0.05, 0.1) is 12.0 Å². The third-order valence-corrected chi connectivity index (χ3v) is 4.46. The van der Waals surface area contributed by atoms with Gasteiger partial charge in [0.15, 0.2) is 6.10 Å². The number of carbonyl (C=O) groups is 2. The number of rotatable bonds is 4. The topological polar surface area (TPSA) is 61.8 Å². The van der Waals surface area contributed by atoms with Crippen molar-refractivity contribution < 1.29 is 23.8 Å². The number of hydrogen-bond donors (Lipinski definition) is 0. The van der Waals surface area contributed by atoms with Crippen LogP contribution < -0.4 is 4.74 Å². The molecule has 1 aromatic rings. The molecule has 122 valence electrons. The fraction of sp³-hybridized carbons (Fsp3) is 0.444. The second kappa shape index (κ2) is 5.81. The predicted molar refractivity (Wildman–Crippen MR) is 82.7 cm³/mol. The highest BCUT2D eigenvalue weighted by Crippen LogP contribution is 2.42. The van der Waals surface area contributed by atoms with Gasteiger partial charge in [0.25, 0.3) is 0 Å². The van der Waals surface area contributed by atoms with Gasteiger partial charge in [-0.1, -0.05) is 31.2 Å². The molecule has 0 radical (unpaired) electrons. The van der Waals surface area contributed by atoms with Crippen molar-refractivity contribution in [2.24, 2.45) is 11.8 Å². The maximum absolute atomic E-state index is 12.4. The summed E-state index contributed by atoms with van der Waals surface area (Å²) in [7, 11) is 0. The van der Waals surface area contributed by atoms with Gasteiger partial charge in [0, 0.05) is 5.92 Å². The van der Waals surface area contributed by atoms with Crippen molar-refractivity contribution in [3.05, 3.63) is 42.5 Å². The summed E-state index contributed by atoms with van der Waals surface area (Å²) in [6, 6.07) is 9.03. The number of carbonyl (C=O) groups excluding carboxylic acids is 2. The first-order valence-electron chi connectivity index (χ1n) is 7.78. The van der Waals surface area contributed by atoms with E-state index in [4.69, 9.17) is 14.2 Å². The fourth-order valence-corrected chi connectivity index (χ4v) is 2.93. The fourth-order valence-electron chi connectivity index (χ4n) is 2.93. The summed E-state index contributed by atoms with van der Waals surface area (Å²) in [4.78, 5) is 24.7. The Balaban J connectivity index is 1.70. The number of hydrogen-bond acceptors (Lipinski definition) is 5. The lowest BCUT2D eigenvalue weighted by Gasteiger charge is -2.39. The molecule has 0 amide bonds. The van der Waals surface area contributed by atoms with Crippen LogP contribution in [0.4, 0.5) is 0 Å². The molecule has 1 fully saturated rings. The van der Waals surface area contributed by atoms with E-state index in [2.05, 4.69) is 0 Å². The van der Waals surface area contributed by atoms with Crippen molar-refractivity contribution in [1.82, 2.24) is 0 Å². The molecule has 2 aliphatic heterocycles. The van der Waals surface area contributed by atoms with Crippen LogP contribution in [0.15, 0.2) is 42.5 Å². The highest BCUT2D eigenvalue weighted by molar-refractivity contribution is 5.87. The molecule has 5 atom stereocenters. The zero-order valence-electron chi connectivity index (χ0n) is 13.4. The first-order chi connectivity index (χ1) is 10.9. The molecule has 0 aliphatic carbocycles. The molecular formula is C18H20O5. The number of para-hydroxylation sites is 1. The van der Waals surface area contributed by atoms with E-state index in [0.717, 1.165) is 0 Å². The highest BCUT2D eigenvalue weighted by Gasteiger charge is 2.55. The lowest BCUT2D eigenvalue weighted by atomic mass is 9.86. The third-order valence-electron chi connectivity index (χ3n) is 4.46. The highest BCUT2D eigenvalue weighted by atomic mass is 16.7. The van der Waals surface area contributed by atoms with Crippen molar-refractivity contribution in [3.8, 4) is 5.75 Å². The van der Waals surface area contributed by atoms with Crippen LogP contribution in [0, 0.1) is 11.8 Å². The SMILES string of the molecule is C[C@H](Oc1ccccc1)C(=O)O[C@@]12C=C[C@@H](O1)[C@H](C)C(=O)[C@H]2C. The Labute approximate surface area is 135 Å². The van der Waals surface area contributed by atoms with Crippen molar-refractivity contribution >= 4 is 11.8 Å². The monoisotopic (exact) mass is 316 g/mol. The zero-order valence-corrected chi connectivity index (χ0v) is 13.4. The van der Waals surface area contributed by atoms with Gasteiger partial charge in [-0.25, -0.2) is 4.79 Å². The summed E-state index contributed by atoms with van der Waals surface area (Å²) in [5.41, 5.74) is 0. The second-order valence-electron chi connectivity index (χ2n) is 6.07. The minimum atomic E-state index is -1.31. The minimum absolute atomic E-state index is 0.0377. The molecule has 1 aromatic carbocycles. The molecule has 1 saturated heterocycles. The summed E-state index contributed by atoms with van der Waals surface area (Å²) >= 11 is 0. The maximum Gasteiger partial charge on any atom is 0.349 e. The van der Waals surface area contributed by atoms with Gasteiger partial charge in [-0.15, -0.1) is 0 Å². The molecule has 2 bridgehead atoms. The van der Waals surface area contributed by atoms with Crippen LogP contribution in [0.1, 0.15) is 20.8 Å². The molecular weight excluding hydrogens is 296 g/mol. The van der Waals surface area contributed by atoms with Gasteiger partial charge in [-0.3, -0.25) is 4.79 Å². The van der Waals surface area contributed by atoms with Crippen LogP contribution in [0.2, 0.25) is 0 Å². The standard InChI is InChI=1S/C18H20O5/c1-11-15-9-10-18(22-15,12(2)16(11)19)23-17(20)13(3)21-14-7-5-4-6-8-14/h4-13,15H,1-3H3/t11-,12+,13-,15+,18+/m0/s1. The van der Waals surface area contributed by atoms with E-state index >= 15 is 0 Å². The van der Waals surface area contributed by atoms with Gasteiger partial charge < -0.3 is 14.2 Å². The Morgan fingerprint density at radius 1 is 1.26 bits per heavy atom. The minimum Gasteiger partial charge on any atom is -0.479 e. The molecule has 2 aliphatic rings. The Hall–Kier alpha value is -2.14. The van der Waals surface area contributed by atoms with Crippen LogP contribution in [-0.2, 0) is 19.1 Å². The molecule has 3 rings (SSSR count). The van der Waals surface area contributed by atoms with E-state index in [-0.39, 0.29) is 17.8 Å². The molecule has 23 heavy (non-hydrogen) atoms. The van der Waals surface area contributed by atoms with Crippen LogP contribution in [0.25, 0.3) is 0 Å². The van der Waals surface area contributed by atoms with E-state index in [1.54, 1.807) is 38.1 Å². The van der Waals surface area contributed by atoms with Crippen LogP contribution in [0.3, 0.4) is 0 Å². The van der Waals surface area contributed by atoms with Gasteiger partial charge in [0.1, 0.15) is 11.5 Å². The average Bonchev–Trinajstić information content (AvgIpc) is 2.95. The maximum atomic E-state index is 12.4. The number of ketones is 1. The molecule has 0 N–H and O–H groups in total. The lowest BCUT2D eigenvalue weighted by Crippen LogP contribution is -2.53. The smallest absolute Gasteiger partial charge is 0.349 e. The molecule has 0 unspecified atom stereocenters. The normalized spacial score (nSPS) is 33.3.